The van der Waals surface area contributed by atoms with Crippen LogP contribution >= 0.6 is 67.8 Å². The van der Waals surface area contributed by atoms with Gasteiger partial charge in [0.15, 0.2) is 0 Å². The Labute approximate surface area is 356 Å². The number of hydrogen-bond donors (Lipinski definition) is 3. The molecule has 0 amide bonds. The van der Waals surface area contributed by atoms with Crippen LogP contribution in [0.5, 0.6) is 0 Å². The van der Waals surface area contributed by atoms with Gasteiger partial charge >= 0.3 is 35.8 Å². The Hall–Kier alpha value is -2.21. The summed E-state index contributed by atoms with van der Waals surface area (Å²) in [6.07, 6.45) is 4.55. The van der Waals surface area contributed by atoms with Crippen molar-refractivity contribution >= 4 is 115 Å². The lowest BCUT2D eigenvalue weighted by atomic mass is 9.79. The molecule has 0 heterocycles. The number of nitrogens with two attached hydrogens (primary N) is 1. The summed E-state index contributed by atoms with van der Waals surface area (Å²) < 4.78 is 30.8. The van der Waals surface area contributed by atoms with Crippen LogP contribution in [0.15, 0.2) is 18.2 Å². The molecule has 8 unspecified atom stereocenters. The normalized spacial score (nSPS) is 22.7. The van der Waals surface area contributed by atoms with E-state index in [0.717, 1.165) is 12.8 Å². The fraction of sp³-hybridized carbons (Fsp3) is 0.667. The molecule has 3 rings (SSSR count). The van der Waals surface area contributed by atoms with Gasteiger partial charge in [-0.15, -0.1) is 0 Å². The van der Waals surface area contributed by atoms with Crippen LogP contribution in [0.4, 0.5) is 11.4 Å². The summed E-state index contributed by atoms with van der Waals surface area (Å²) >= 11 is 5.84. The number of halogens is 3. The third-order valence-electron chi connectivity index (χ3n) is 8.92. The zero-order valence-corrected chi connectivity index (χ0v) is 37.1. The Balaban J connectivity index is 1.66. The summed E-state index contributed by atoms with van der Waals surface area (Å²) in [6.45, 7) is 4.69. The van der Waals surface area contributed by atoms with Gasteiger partial charge in [0.1, 0.15) is 51.4 Å². The molecule has 1 aromatic rings. The monoisotopic (exact) mass is 1100 g/mol. The number of ether oxygens (including phenoxy) is 6. The molecule has 0 bridgehead atoms. The number of rotatable bonds is 19. The van der Waals surface area contributed by atoms with Gasteiger partial charge in [-0.1, -0.05) is 74.2 Å². The van der Waals surface area contributed by atoms with Crippen LogP contribution in [-0.2, 0) is 52.4 Å². The third kappa shape index (κ3) is 15.7. The number of hydrogen-bond acceptors (Lipinski definition) is 15. The molecule has 4 N–H and O–H groups in total. The molecular weight excluding hydrogens is 1050 g/mol. The molecule has 0 saturated heterocycles. The lowest BCUT2D eigenvalue weighted by Crippen LogP contribution is -2.50. The third-order valence-corrected chi connectivity index (χ3v) is 10.4. The molecule has 2 saturated carbocycles. The molecule has 302 valence electrons. The fourth-order valence-electron chi connectivity index (χ4n) is 6.20. The predicted molar refractivity (Wildman–Crippen MR) is 224 cm³/mol. The van der Waals surface area contributed by atoms with Gasteiger partial charge < -0.3 is 44.8 Å². The highest BCUT2D eigenvalue weighted by Gasteiger charge is 2.39. The van der Waals surface area contributed by atoms with E-state index in [4.69, 9.17) is 34.2 Å². The first-order valence-corrected chi connectivity index (χ1v) is 21.7. The standard InChI is InChI=1S/C36H50I3N3O12/c1-20(37)31(43)49-11-14-52-34(46)23-5-4-6-25(17-23)41-26-8-10-29(28(19-26)36(48)54-16-13-51-33(45)22(3)39)42-30-18-24(40)7-9-27(30)35(47)53-15-12-50-32(44)21(2)38/h7,9,18,20-23,25-26,28-29,41-42H,4-6,8,10-17,19,40H2,1-3H3. The van der Waals surface area contributed by atoms with Crippen LogP contribution in [-0.4, -0.2) is 105 Å². The first-order chi connectivity index (χ1) is 25.7. The largest absolute Gasteiger partial charge is 0.462 e. The number of carbonyl (C=O) groups excluding carboxylic acids is 6. The molecule has 2 fully saturated rings. The second-order valence-electron chi connectivity index (χ2n) is 13.2. The Kier molecular flexibility index (Phi) is 20.3. The second kappa shape index (κ2) is 23.8. The number of esters is 6. The van der Waals surface area contributed by atoms with Crippen molar-refractivity contribution in [2.75, 3.05) is 50.7 Å². The van der Waals surface area contributed by atoms with Gasteiger partial charge in [0.2, 0.25) is 0 Å². The molecule has 0 spiro atoms. The maximum atomic E-state index is 13.6. The van der Waals surface area contributed by atoms with Gasteiger partial charge in [-0.3, -0.25) is 24.0 Å². The van der Waals surface area contributed by atoms with Crippen molar-refractivity contribution in [3.8, 4) is 0 Å². The van der Waals surface area contributed by atoms with Crippen LogP contribution in [0.25, 0.3) is 0 Å². The van der Waals surface area contributed by atoms with Gasteiger partial charge in [-0.05, 0) is 77.5 Å². The maximum absolute atomic E-state index is 13.6. The van der Waals surface area contributed by atoms with E-state index in [-0.39, 0.29) is 86.9 Å². The van der Waals surface area contributed by atoms with Gasteiger partial charge in [-0.25, -0.2) is 4.79 Å². The number of benzene rings is 1. The molecule has 18 heteroatoms. The van der Waals surface area contributed by atoms with E-state index in [9.17, 15) is 28.8 Å². The van der Waals surface area contributed by atoms with Crippen LogP contribution < -0.4 is 16.4 Å². The lowest BCUT2D eigenvalue weighted by molar-refractivity contribution is -0.156. The predicted octanol–water partition coefficient (Wildman–Crippen LogP) is 4.71. The molecule has 2 aliphatic rings. The highest BCUT2D eigenvalue weighted by atomic mass is 127. The summed E-state index contributed by atoms with van der Waals surface area (Å²) in [5.41, 5.74) is 7.07. The molecular formula is C36H50I3N3O12. The van der Waals surface area contributed by atoms with Crippen molar-refractivity contribution in [2.45, 2.75) is 95.6 Å². The molecule has 8 atom stereocenters. The quantitative estimate of drug-likeness (QED) is 0.0429. The maximum Gasteiger partial charge on any atom is 0.340 e. The van der Waals surface area contributed by atoms with Crippen molar-refractivity contribution in [3.63, 3.8) is 0 Å². The van der Waals surface area contributed by atoms with Crippen molar-refractivity contribution in [1.82, 2.24) is 5.32 Å². The molecule has 2 aliphatic carbocycles. The Morgan fingerprint density at radius 2 is 1.20 bits per heavy atom. The van der Waals surface area contributed by atoms with Crippen LogP contribution in [0, 0.1) is 11.8 Å². The summed E-state index contributed by atoms with van der Waals surface area (Å²) in [4.78, 5) is 74.9. The number of carbonyl (C=O) groups is 6. The van der Waals surface area contributed by atoms with Crippen molar-refractivity contribution in [3.05, 3.63) is 23.8 Å². The van der Waals surface area contributed by atoms with E-state index in [1.165, 1.54) is 6.07 Å². The second-order valence-corrected chi connectivity index (χ2v) is 18.8. The number of anilines is 2. The van der Waals surface area contributed by atoms with Gasteiger partial charge in [-0.2, -0.15) is 0 Å². The highest BCUT2D eigenvalue weighted by molar-refractivity contribution is 14.1. The van der Waals surface area contributed by atoms with Crippen LogP contribution in [0.1, 0.15) is 76.1 Å². The molecule has 1 aromatic carbocycles. The van der Waals surface area contributed by atoms with Crippen molar-refractivity contribution < 1.29 is 57.2 Å². The van der Waals surface area contributed by atoms with E-state index in [0.29, 0.717) is 43.5 Å². The molecule has 54 heavy (non-hydrogen) atoms. The number of nitrogen functional groups attached to an aromatic ring is 1. The first-order valence-electron chi connectivity index (χ1n) is 18.0. The summed E-state index contributed by atoms with van der Waals surface area (Å²) in [5, 5.41) is 7.03. The SMILES string of the molecule is CC(I)C(=O)OCCOC(=O)c1ccc(N)cc1NC1CCC(NC2CCCC(C(=O)OCCOC(=O)C(C)I)C2)CC1C(=O)OCCOC(=O)C(C)I. The molecule has 0 aliphatic heterocycles. The average Bonchev–Trinajstić information content (AvgIpc) is 3.13. The lowest BCUT2D eigenvalue weighted by Gasteiger charge is -2.39. The Morgan fingerprint density at radius 1 is 0.685 bits per heavy atom. The Morgan fingerprint density at radius 3 is 1.78 bits per heavy atom. The minimum absolute atomic E-state index is 0.000393. The first kappa shape index (κ1) is 46.2. The zero-order chi connectivity index (χ0) is 39.8. The van der Waals surface area contributed by atoms with E-state index in [1.54, 1.807) is 32.9 Å². The summed E-state index contributed by atoms with van der Waals surface area (Å²) in [7, 11) is 0. The van der Waals surface area contributed by atoms with Crippen LogP contribution in [0.2, 0.25) is 0 Å². The topological polar surface area (TPSA) is 208 Å². The van der Waals surface area contributed by atoms with E-state index in [2.05, 4.69) is 10.6 Å². The van der Waals surface area contributed by atoms with E-state index >= 15 is 0 Å². The van der Waals surface area contributed by atoms with E-state index < -0.39 is 35.8 Å². The van der Waals surface area contributed by atoms with Gasteiger partial charge in [0.05, 0.1) is 23.1 Å². The molecule has 0 aromatic heterocycles. The van der Waals surface area contributed by atoms with Gasteiger partial charge in [0.25, 0.3) is 0 Å². The highest BCUT2D eigenvalue weighted by Crippen LogP contribution is 2.33. The van der Waals surface area contributed by atoms with E-state index in [1.807, 2.05) is 67.8 Å². The Bertz CT molecular complexity index is 1450. The summed E-state index contributed by atoms with van der Waals surface area (Å²) in [5.74, 6) is -3.60. The smallest absolute Gasteiger partial charge is 0.340 e. The van der Waals surface area contributed by atoms with Crippen molar-refractivity contribution in [2.24, 2.45) is 11.8 Å². The zero-order valence-electron chi connectivity index (χ0n) is 30.7. The number of alkyl halides is 3. The minimum atomic E-state index is -0.659. The average molecular weight is 1100 g/mol. The molecule has 15 nitrogen and oxygen atoms in total. The molecule has 0 radical (unpaired) electrons. The number of nitrogens with one attached hydrogen (secondary N) is 2. The van der Waals surface area contributed by atoms with Crippen LogP contribution in [0.3, 0.4) is 0 Å². The minimum Gasteiger partial charge on any atom is -0.462 e. The van der Waals surface area contributed by atoms with Gasteiger partial charge in [0, 0.05) is 23.8 Å². The van der Waals surface area contributed by atoms with Crippen molar-refractivity contribution in [1.29, 1.82) is 0 Å². The summed E-state index contributed by atoms with van der Waals surface area (Å²) in [6, 6.07) is 4.19. The fourth-order valence-corrected chi connectivity index (χ4v) is 6.73.